The molecule has 5 nitrogen and oxygen atoms in total. The number of nitrogens with zero attached hydrogens (tertiary/aromatic N) is 1. The Morgan fingerprint density at radius 2 is 2.12 bits per heavy atom. The number of thioether (sulfide) groups is 1. The number of hydrogen-bond acceptors (Lipinski definition) is 6. The molecule has 0 fully saturated rings. The van der Waals surface area contributed by atoms with Gasteiger partial charge < -0.3 is 14.3 Å². The molecule has 1 heterocycles. The van der Waals surface area contributed by atoms with E-state index < -0.39 is 6.10 Å². The third-order valence-electron chi connectivity index (χ3n) is 3.36. The predicted molar refractivity (Wildman–Crippen MR) is 92.7 cm³/mol. The van der Waals surface area contributed by atoms with E-state index in [1.165, 1.54) is 18.7 Å². The van der Waals surface area contributed by atoms with Crippen LogP contribution < -0.4 is 4.74 Å². The number of ether oxygens (including phenoxy) is 1. The summed E-state index contributed by atoms with van der Waals surface area (Å²) in [5.41, 5.74) is 2.11. The number of para-hydroxylation sites is 2. The number of hydrogen-bond donors (Lipinski definition) is 1. The highest BCUT2D eigenvalue weighted by atomic mass is 32.2. The SMILES string of the molecule is CC(=O)c1cccc(OC[C@@H](O)CSc2nc3ccccc3o2)c1. The molecule has 0 aliphatic rings. The average Bonchev–Trinajstić information content (AvgIpc) is 3.01. The van der Waals surface area contributed by atoms with Crippen molar-refractivity contribution in [2.24, 2.45) is 0 Å². The van der Waals surface area contributed by atoms with Gasteiger partial charge in [-0.15, -0.1) is 0 Å². The van der Waals surface area contributed by atoms with E-state index in [1.807, 2.05) is 24.3 Å². The Kier molecular flexibility index (Phi) is 5.17. The molecule has 1 aromatic heterocycles. The van der Waals surface area contributed by atoms with Crippen LogP contribution >= 0.6 is 11.8 Å². The number of aliphatic hydroxyl groups is 1. The Hall–Kier alpha value is -2.31. The van der Waals surface area contributed by atoms with E-state index >= 15 is 0 Å². The molecule has 0 radical (unpaired) electrons. The molecule has 2 aromatic carbocycles. The number of carbonyl (C=O) groups excluding carboxylic acids is 1. The highest BCUT2D eigenvalue weighted by Gasteiger charge is 2.11. The Bertz CT molecular complexity index is 813. The van der Waals surface area contributed by atoms with Crippen molar-refractivity contribution in [1.29, 1.82) is 0 Å². The molecule has 3 rings (SSSR count). The summed E-state index contributed by atoms with van der Waals surface area (Å²) in [6, 6.07) is 14.4. The molecule has 0 saturated heterocycles. The fourth-order valence-electron chi connectivity index (χ4n) is 2.13. The Morgan fingerprint density at radius 3 is 2.92 bits per heavy atom. The van der Waals surface area contributed by atoms with Gasteiger partial charge in [0.05, 0.1) is 6.10 Å². The predicted octanol–water partition coefficient (Wildman–Crippen LogP) is 3.56. The first kappa shape index (κ1) is 16.5. The second-order valence-electron chi connectivity index (χ2n) is 5.31. The zero-order valence-electron chi connectivity index (χ0n) is 13.1. The third-order valence-corrected chi connectivity index (χ3v) is 4.33. The van der Waals surface area contributed by atoms with E-state index in [1.54, 1.807) is 24.3 Å². The van der Waals surface area contributed by atoms with E-state index in [-0.39, 0.29) is 12.4 Å². The van der Waals surface area contributed by atoms with Crippen molar-refractivity contribution in [1.82, 2.24) is 4.98 Å². The highest BCUT2D eigenvalue weighted by Crippen LogP contribution is 2.24. The van der Waals surface area contributed by atoms with Crippen molar-refractivity contribution < 1.29 is 19.1 Å². The number of benzene rings is 2. The summed E-state index contributed by atoms with van der Waals surface area (Å²) in [5, 5.41) is 10.6. The average molecular weight is 343 g/mol. The van der Waals surface area contributed by atoms with Crippen LogP contribution in [0.3, 0.4) is 0 Å². The smallest absolute Gasteiger partial charge is 0.256 e. The van der Waals surface area contributed by atoms with Gasteiger partial charge in [-0.05, 0) is 31.2 Å². The van der Waals surface area contributed by atoms with Crippen LogP contribution in [-0.2, 0) is 0 Å². The van der Waals surface area contributed by atoms with Crippen molar-refractivity contribution in [3.63, 3.8) is 0 Å². The number of rotatable bonds is 7. The Labute approximate surface area is 143 Å². The molecule has 0 bridgehead atoms. The van der Waals surface area contributed by atoms with Crippen molar-refractivity contribution in [3.8, 4) is 5.75 Å². The van der Waals surface area contributed by atoms with Crippen molar-refractivity contribution in [3.05, 3.63) is 54.1 Å². The maximum absolute atomic E-state index is 11.3. The van der Waals surface area contributed by atoms with Crippen molar-refractivity contribution >= 4 is 28.6 Å². The standard InChI is InChI=1S/C18H17NO4S/c1-12(20)13-5-4-6-15(9-13)22-10-14(21)11-24-18-19-16-7-2-3-8-17(16)23-18/h2-9,14,21H,10-11H2,1H3/t14-/m1/s1. The monoisotopic (exact) mass is 343 g/mol. The maximum atomic E-state index is 11.3. The van der Waals surface area contributed by atoms with Gasteiger partial charge in [0.1, 0.15) is 17.9 Å². The summed E-state index contributed by atoms with van der Waals surface area (Å²) in [4.78, 5) is 15.7. The van der Waals surface area contributed by atoms with Crippen LogP contribution in [0.1, 0.15) is 17.3 Å². The first-order valence-electron chi connectivity index (χ1n) is 7.52. The van der Waals surface area contributed by atoms with Gasteiger partial charge in [-0.3, -0.25) is 4.79 Å². The number of oxazole rings is 1. The van der Waals surface area contributed by atoms with Gasteiger partial charge in [0.2, 0.25) is 0 Å². The molecule has 1 atom stereocenters. The van der Waals surface area contributed by atoms with Gasteiger partial charge in [0.25, 0.3) is 5.22 Å². The molecule has 0 aliphatic carbocycles. The minimum atomic E-state index is -0.675. The number of carbonyl (C=O) groups is 1. The molecule has 1 N–H and O–H groups in total. The van der Waals surface area contributed by atoms with E-state index in [2.05, 4.69) is 4.98 Å². The minimum absolute atomic E-state index is 0.0208. The van der Waals surface area contributed by atoms with Crippen molar-refractivity contribution in [2.75, 3.05) is 12.4 Å². The second-order valence-corrected chi connectivity index (χ2v) is 6.28. The van der Waals surface area contributed by atoms with Crippen LogP contribution in [0.5, 0.6) is 5.75 Å². The van der Waals surface area contributed by atoms with Crippen LogP contribution in [0.15, 0.2) is 58.2 Å². The van der Waals surface area contributed by atoms with Crippen LogP contribution in [0.4, 0.5) is 0 Å². The van der Waals surface area contributed by atoms with Crippen LogP contribution in [0.25, 0.3) is 11.1 Å². The normalized spacial score (nSPS) is 12.2. The molecule has 0 spiro atoms. The van der Waals surface area contributed by atoms with Gasteiger partial charge in [-0.1, -0.05) is 36.0 Å². The molecule has 124 valence electrons. The number of Topliss-reactive ketones (excluding diaryl/α,β-unsaturated/α-hetero) is 1. The first-order chi connectivity index (χ1) is 11.6. The van der Waals surface area contributed by atoms with E-state index in [0.717, 1.165) is 11.1 Å². The molecule has 0 unspecified atom stereocenters. The summed E-state index contributed by atoms with van der Waals surface area (Å²) in [6.45, 7) is 1.64. The molecule has 0 aliphatic heterocycles. The quantitative estimate of drug-likeness (QED) is 0.522. The van der Waals surface area contributed by atoms with Crippen molar-refractivity contribution in [2.45, 2.75) is 18.3 Å². The Balaban J connectivity index is 1.51. The Morgan fingerprint density at radius 1 is 1.29 bits per heavy atom. The van der Waals surface area contributed by atoms with Crippen LogP contribution in [-0.4, -0.2) is 34.3 Å². The number of fused-ring (bicyclic) bond motifs is 1. The van der Waals surface area contributed by atoms with Gasteiger partial charge in [-0.2, -0.15) is 0 Å². The molecule has 6 heteroatoms. The molecule has 24 heavy (non-hydrogen) atoms. The summed E-state index contributed by atoms with van der Waals surface area (Å²) in [6.07, 6.45) is -0.675. The van der Waals surface area contributed by atoms with E-state index in [4.69, 9.17) is 9.15 Å². The minimum Gasteiger partial charge on any atom is -0.491 e. The molecular weight excluding hydrogens is 326 g/mol. The van der Waals surface area contributed by atoms with Gasteiger partial charge in [0, 0.05) is 11.3 Å². The second kappa shape index (κ2) is 7.51. The lowest BCUT2D eigenvalue weighted by molar-refractivity contribution is 0.101. The first-order valence-corrected chi connectivity index (χ1v) is 8.50. The zero-order valence-corrected chi connectivity index (χ0v) is 14.0. The molecule has 0 saturated carbocycles. The fourth-order valence-corrected chi connectivity index (χ4v) is 2.87. The van der Waals surface area contributed by atoms with Gasteiger partial charge in [0.15, 0.2) is 11.4 Å². The zero-order chi connectivity index (χ0) is 16.9. The van der Waals surface area contributed by atoms with Crippen LogP contribution in [0.2, 0.25) is 0 Å². The van der Waals surface area contributed by atoms with Gasteiger partial charge >= 0.3 is 0 Å². The molecule has 0 amide bonds. The lowest BCUT2D eigenvalue weighted by Gasteiger charge is -2.11. The van der Waals surface area contributed by atoms with E-state index in [9.17, 15) is 9.90 Å². The maximum Gasteiger partial charge on any atom is 0.256 e. The van der Waals surface area contributed by atoms with Crippen LogP contribution in [0, 0.1) is 0 Å². The number of aromatic nitrogens is 1. The lowest BCUT2D eigenvalue weighted by Crippen LogP contribution is -2.20. The topological polar surface area (TPSA) is 72.6 Å². The van der Waals surface area contributed by atoms with Gasteiger partial charge in [-0.25, -0.2) is 4.98 Å². The lowest BCUT2D eigenvalue weighted by atomic mass is 10.1. The highest BCUT2D eigenvalue weighted by molar-refractivity contribution is 7.99. The van der Waals surface area contributed by atoms with E-state index in [0.29, 0.717) is 22.3 Å². The number of ketones is 1. The summed E-state index contributed by atoms with van der Waals surface area (Å²) in [7, 11) is 0. The fraction of sp³-hybridized carbons (Fsp3) is 0.222. The third kappa shape index (κ3) is 4.15. The molecule has 3 aromatic rings. The summed E-state index contributed by atoms with van der Waals surface area (Å²) >= 11 is 1.34. The molecular formula is C18H17NO4S. The largest absolute Gasteiger partial charge is 0.491 e. The number of aliphatic hydroxyl groups excluding tert-OH is 1. The summed E-state index contributed by atoms with van der Waals surface area (Å²) in [5.74, 6) is 0.945. The summed E-state index contributed by atoms with van der Waals surface area (Å²) < 4.78 is 11.1.